The Bertz CT molecular complexity index is 1490. The molecular weight excluding hydrogens is 520 g/mol. The summed E-state index contributed by atoms with van der Waals surface area (Å²) in [4.78, 5) is 28.7. The maximum Gasteiger partial charge on any atom is 0.345 e. The zero-order chi connectivity index (χ0) is 27.7. The topological polar surface area (TPSA) is 143 Å². The highest BCUT2D eigenvalue weighted by Crippen LogP contribution is 2.15. The standard InChI is InChI=1S/C28H28N4O6S/c29-26(31-39(35,36)25-9-5-2-6-10-25)17-27(33)38-28(34)22-11-13-24(14-12-22)37-16-15-23-18-30-20-32(23)19-21-7-3-1-4-8-21/h1-14,18,20,26,31H,15-17,19,29H2/t26-/m0/s1. The van der Waals surface area contributed by atoms with Crippen molar-refractivity contribution in [3.63, 3.8) is 0 Å². The molecule has 0 aliphatic rings. The van der Waals surface area contributed by atoms with Gasteiger partial charge in [0.15, 0.2) is 0 Å². The second-order valence-corrected chi connectivity index (χ2v) is 10.3. The molecule has 0 amide bonds. The Labute approximate surface area is 226 Å². The van der Waals surface area contributed by atoms with E-state index in [0.29, 0.717) is 18.8 Å². The Morgan fingerprint density at radius 2 is 1.62 bits per heavy atom. The maximum absolute atomic E-state index is 12.3. The van der Waals surface area contributed by atoms with Crippen molar-refractivity contribution in [2.24, 2.45) is 5.73 Å². The summed E-state index contributed by atoms with van der Waals surface area (Å²) < 4.78 is 39.5. The highest BCUT2D eigenvalue weighted by atomic mass is 32.2. The van der Waals surface area contributed by atoms with Gasteiger partial charge in [0.2, 0.25) is 10.0 Å². The number of hydrogen-bond acceptors (Lipinski definition) is 8. The summed E-state index contributed by atoms with van der Waals surface area (Å²) in [5, 5.41) is 0. The van der Waals surface area contributed by atoms with Crippen LogP contribution in [0.5, 0.6) is 5.75 Å². The van der Waals surface area contributed by atoms with Gasteiger partial charge in [-0.05, 0) is 42.0 Å². The largest absolute Gasteiger partial charge is 0.493 e. The average molecular weight is 549 g/mol. The Hall–Kier alpha value is -4.32. The number of benzene rings is 3. The first-order chi connectivity index (χ1) is 18.8. The number of hydrogen-bond donors (Lipinski definition) is 2. The molecule has 3 aromatic carbocycles. The van der Waals surface area contributed by atoms with Gasteiger partial charge in [-0.1, -0.05) is 48.5 Å². The van der Waals surface area contributed by atoms with E-state index in [1.54, 1.807) is 42.9 Å². The summed E-state index contributed by atoms with van der Waals surface area (Å²) in [6.07, 6.45) is 2.44. The fraction of sp³-hybridized carbons (Fsp3) is 0.179. The molecule has 0 bridgehead atoms. The van der Waals surface area contributed by atoms with E-state index in [9.17, 15) is 18.0 Å². The van der Waals surface area contributed by atoms with Gasteiger partial charge in [-0.2, -0.15) is 4.72 Å². The van der Waals surface area contributed by atoms with Crippen LogP contribution in [0.3, 0.4) is 0 Å². The van der Waals surface area contributed by atoms with E-state index >= 15 is 0 Å². The molecule has 0 unspecified atom stereocenters. The molecule has 0 radical (unpaired) electrons. The van der Waals surface area contributed by atoms with Crippen LogP contribution in [0, 0.1) is 0 Å². The molecule has 0 aliphatic carbocycles. The van der Waals surface area contributed by atoms with Crippen LogP contribution in [0.4, 0.5) is 0 Å². The number of esters is 2. The van der Waals surface area contributed by atoms with E-state index < -0.39 is 34.5 Å². The molecule has 4 aromatic rings. The average Bonchev–Trinajstić information content (AvgIpc) is 3.36. The van der Waals surface area contributed by atoms with Crippen molar-refractivity contribution >= 4 is 22.0 Å². The molecule has 0 saturated carbocycles. The molecule has 0 spiro atoms. The molecule has 1 aromatic heterocycles. The molecule has 3 N–H and O–H groups in total. The van der Waals surface area contributed by atoms with Crippen molar-refractivity contribution in [2.75, 3.05) is 6.61 Å². The number of nitrogens with zero attached hydrogens (tertiary/aromatic N) is 2. The summed E-state index contributed by atoms with van der Waals surface area (Å²) in [5.41, 5.74) is 8.08. The highest BCUT2D eigenvalue weighted by molar-refractivity contribution is 7.89. The summed E-state index contributed by atoms with van der Waals surface area (Å²) in [5.74, 6) is -1.30. The molecule has 10 nitrogen and oxygen atoms in total. The van der Waals surface area contributed by atoms with Gasteiger partial charge in [-0.3, -0.25) is 4.79 Å². The van der Waals surface area contributed by atoms with E-state index in [0.717, 1.165) is 12.2 Å². The van der Waals surface area contributed by atoms with Crippen molar-refractivity contribution in [2.45, 2.75) is 30.4 Å². The zero-order valence-electron chi connectivity index (χ0n) is 21.0. The molecule has 0 fully saturated rings. The lowest BCUT2D eigenvalue weighted by Crippen LogP contribution is -2.43. The first-order valence-electron chi connectivity index (χ1n) is 12.1. The van der Waals surface area contributed by atoms with Crippen LogP contribution in [0.1, 0.15) is 28.0 Å². The third-order valence-corrected chi connectivity index (χ3v) is 7.17. The van der Waals surface area contributed by atoms with Gasteiger partial charge in [0.25, 0.3) is 0 Å². The molecule has 4 rings (SSSR count). The number of sulfonamides is 1. The van der Waals surface area contributed by atoms with Crippen LogP contribution >= 0.6 is 0 Å². The fourth-order valence-corrected chi connectivity index (χ4v) is 4.87. The normalized spacial score (nSPS) is 12.0. The van der Waals surface area contributed by atoms with Gasteiger partial charge in [0.1, 0.15) is 5.75 Å². The Morgan fingerprint density at radius 3 is 2.31 bits per heavy atom. The predicted molar refractivity (Wildman–Crippen MR) is 143 cm³/mol. The smallest absolute Gasteiger partial charge is 0.345 e. The number of rotatable bonds is 12. The molecule has 39 heavy (non-hydrogen) atoms. The van der Waals surface area contributed by atoms with Gasteiger partial charge < -0.3 is 19.8 Å². The zero-order valence-corrected chi connectivity index (χ0v) is 21.8. The molecule has 202 valence electrons. The number of nitrogens with one attached hydrogen (secondary N) is 1. The minimum atomic E-state index is -3.92. The Balaban J connectivity index is 1.22. The molecule has 11 heteroatoms. The van der Waals surface area contributed by atoms with Crippen LogP contribution < -0.4 is 15.2 Å². The van der Waals surface area contributed by atoms with Crippen LogP contribution in [0.2, 0.25) is 0 Å². The first kappa shape index (κ1) is 27.7. The van der Waals surface area contributed by atoms with Gasteiger partial charge in [0.05, 0.1) is 36.0 Å². The predicted octanol–water partition coefficient (Wildman–Crippen LogP) is 2.89. The van der Waals surface area contributed by atoms with E-state index in [2.05, 4.69) is 26.4 Å². The van der Waals surface area contributed by atoms with Crippen LogP contribution in [0.15, 0.2) is 102 Å². The second-order valence-electron chi connectivity index (χ2n) is 8.63. The van der Waals surface area contributed by atoms with E-state index in [-0.39, 0.29) is 10.5 Å². The molecule has 0 saturated heterocycles. The van der Waals surface area contributed by atoms with Crippen molar-refractivity contribution < 1.29 is 27.5 Å². The minimum absolute atomic E-state index is 0.00464. The maximum atomic E-state index is 12.3. The monoisotopic (exact) mass is 548 g/mol. The Morgan fingerprint density at radius 1 is 0.949 bits per heavy atom. The number of nitrogens with two attached hydrogens (primary N) is 1. The third kappa shape index (κ3) is 8.08. The summed E-state index contributed by atoms with van der Waals surface area (Å²) >= 11 is 0. The van der Waals surface area contributed by atoms with Crippen molar-refractivity contribution in [1.29, 1.82) is 0 Å². The minimum Gasteiger partial charge on any atom is -0.493 e. The Kier molecular flexibility index (Phi) is 9.21. The number of ether oxygens (including phenoxy) is 2. The van der Waals surface area contributed by atoms with Crippen molar-refractivity contribution in [3.8, 4) is 5.75 Å². The molecule has 1 atom stereocenters. The lowest BCUT2D eigenvalue weighted by molar-refractivity contribution is -0.138. The molecule has 0 aliphatic heterocycles. The highest BCUT2D eigenvalue weighted by Gasteiger charge is 2.21. The summed E-state index contributed by atoms with van der Waals surface area (Å²) in [6.45, 7) is 1.12. The van der Waals surface area contributed by atoms with E-state index in [4.69, 9.17) is 15.2 Å². The van der Waals surface area contributed by atoms with Crippen molar-refractivity contribution in [3.05, 3.63) is 114 Å². The van der Waals surface area contributed by atoms with E-state index in [1.165, 1.54) is 29.8 Å². The quantitative estimate of drug-likeness (QED) is 0.156. The number of carbonyl (C=O) groups is 2. The van der Waals surface area contributed by atoms with Crippen LogP contribution in [0.25, 0.3) is 0 Å². The van der Waals surface area contributed by atoms with Crippen molar-refractivity contribution in [1.82, 2.24) is 14.3 Å². The number of carbonyl (C=O) groups excluding carboxylic acids is 2. The first-order valence-corrected chi connectivity index (χ1v) is 13.6. The molecular formula is C28H28N4O6S. The lowest BCUT2D eigenvalue weighted by Gasteiger charge is -2.13. The van der Waals surface area contributed by atoms with Gasteiger partial charge in [-0.15, -0.1) is 0 Å². The second kappa shape index (κ2) is 13.0. The van der Waals surface area contributed by atoms with Gasteiger partial charge >= 0.3 is 11.9 Å². The number of imidazole rings is 1. The number of aromatic nitrogens is 2. The lowest BCUT2D eigenvalue weighted by atomic mass is 10.2. The molecule has 1 heterocycles. The van der Waals surface area contributed by atoms with Gasteiger partial charge in [-0.25, -0.2) is 18.2 Å². The van der Waals surface area contributed by atoms with E-state index in [1.807, 2.05) is 18.2 Å². The van der Waals surface area contributed by atoms with Crippen LogP contribution in [-0.2, 0) is 32.5 Å². The fourth-order valence-electron chi connectivity index (χ4n) is 3.73. The van der Waals surface area contributed by atoms with Gasteiger partial charge in [0, 0.05) is 24.9 Å². The summed E-state index contributed by atoms with van der Waals surface area (Å²) in [6, 6.07) is 23.8. The SMILES string of the molecule is N[C@H](CC(=O)OC(=O)c1ccc(OCCc2cncn2Cc2ccccc2)cc1)NS(=O)(=O)c1ccccc1. The summed E-state index contributed by atoms with van der Waals surface area (Å²) in [7, 11) is -3.92. The third-order valence-electron chi connectivity index (χ3n) is 5.66. The van der Waals surface area contributed by atoms with Crippen LogP contribution in [-0.4, -0.2) is 42.7 Å².